The fourth-order valence-electron chi connectivity index (χ4n) is 3.65. The normalized spacial score (nSPS) is 14.0. The predicted molar refractivity (Wildman–Crippen MR) is 132 cm³/mol. The van der Waals surface area contributed by atoms with Crippen LogP contribution in [-0.4, -0.2) is 52.7 Å². The monoisotopic (exact) mass is 480 g/mol. The standard InChI is InChI=1S/C25H28N4O4S/c1-19-3-9-23(10-4-19)34(31,32)28(2)22-7-5-21(6-8-22)25(30)27-18-20-11-12-26-24(17-20)29-13-15-33-16-14-29/h3-12,17H,13-16,18H2,1-2H3,(H,27,30). The van der Waals surface area contributed by atoms with Gasteiger partial charge in [0.05, 0.1) is 23.8 Å². The Morgan fingerprint density at radius 2 is 1.74 bits per heavy atom. The Hall–Kier alpha value is -3.43. The first-order chi connectivity index (χ1) is 16.3. The van der Waals surface area contributed by atoms with E-state index in [1.807, 2.05) is 19.1 Å². The van der Waals surface area contributed by atoms with Gasteiger partial charge >= 0.3 is 0 Å². The van der Waals surface area contributed by atoms with Crippen molar-refractivity contribution in [3.8, 4) is 0 Å². The summed E-state index contributed by atoms with van der Waals surface area (Å²) in [7, 11) is -2.19. The highest BCUT2D eigenvalue weighted by Gasteiger charge is 2.21. The first-order valence-corrected chi connectivity index (χ1v) is 12.5. The molecular formula is C25H28N4O4S. The maximum absolute atomic E-state index is 12.9. The second kappa shape index (κ2) is 10.2. The van der Waals surface area contributed by atoms with Crippen molar-refractivity contribution in [3.63, 3.8) is 0 Å². The van der Waals surface area contributed by atoms with E-state index in [0.717, 1.165) is 30.0 Å². The van der Waals surface area contributed by atoms with Crippen LogP contribution in [0.2, 0.25) is 0 Å². The molecule has 1 aliphatic heterocycles. The summed E-state index contributed by atoms with van der Waals surface area (Å²) in [6, 6.07) is 17.1. The Morgan fingerprint density at radius 1 is 1.06 bits per heavy atom. The molecule has 8 nitrogen and oxygen atoms in total. The number of benzene rings is 2. The van der Waals surface area contributed by atoms with Crippen LogP contribution in [0.15, 0.2) is 71.8 Å². The zero-order chi connectivity index (χ0) is 24.1. The number of hydrogen-bond acceptors (Lipinski definition) is 6. The number of aryl methyl sites for hydroxylation is 1. The number of rotatable bonds is 7. The summed E-state index contributed by atoms with van der Waals surface area (Å²) in [5.74, 6) is 0.637. The molecule has 4 rings (SSSR count). The summed E-state index contributed by atoms with van der Waals surface area (Å²) in [5, 5.41) is 2.91. The molecule has 2 heterocycles. The Labute approximate surface area is 200 Å². The van der Waals surface area contributed by atoms with Crippen LogP contribution in [0, 0.1) is 6.92 Å². The van der Waals surface area contributed by atoms with E-state index in [9.17, 15) is 13.2 Å². The lowest BCUT2D eigenvalue weighted by Crippen LogP contribution is -2.36. The molecule has 1 fully saturated rings. The molecular weight excluding hydrogens is 452 g/mol. The molecule has 0 saturated carbocycles. The van der Waals surface area contributed by atoms with Gasteiger partial charge in [-0.25, -0.2) is 13.4 Å². The zero-order valence-corrected chi connectivity index (χ0v) is 20.1. The number of nitrogens with one attached hydrogen (secondary N) is 1. The van der Waals surface area contributed by atoms with Gasteiger partial charge in [-0.3, -0.25) is 9.10 Å². The Kier molecular flexibility index (Phi) is 7.14. The minimum atomic E-state index is -3.69. The molecule has 3 aromatic rings. The lowest BCUT2D eigenvalue weighted by atomic mass is 10.2. The minimum absolute atomic E-state index is 0.219. The number of hydrogen-bond donors (Lipinski definition) is 1. The van der Waals surface area contributed by atoms with Gasteiger partial charge in [0.2, 0.25) is 0 Å². The summed E-state index contributed by atoms with van der Waals surface area (Å²) in [6.07, 6.45) is 1.74. The van der Waals surface area contributed by atoms with E-state index in [1.54, 1.807) is 54.7 Å². The van der Waals surface area contributed by atoms with E-state index in [1.165, 1.54) is 11.4 Å². The van der Waals surface area contributed by atoms with Crippen molar-refractivity contribution in [2.75, 3.05) is 42.6 Å². The van der Waals surface area contributed by atoms with Crippen LogP contribution in [-0.2, 0) is 21.3 Å². The van der Waals surface area contributed by atoms with Crippen molar-refractivity contribution in [3.05, 3.63) is 83.6 Å². The number of carbonyl (C=O) groups is 1. The van der Waals surface area contributed by atoms with Gasteiger partial charge in [0.1, 0.15) is 5.82 Å². The third-order valence-corrected chi connectivity index (χ3v) is 7.57. The Morgan fingerprint density at radius 3 is 2.41 bits per heavy atom. The number of sulfonamides is 1. The van der Waals surface area contributed by atoms with Crippen LogP contribution in [0.4, 0.5) is 11.5 Å². The van der Waals surface area contributed by atoms with Crippen LogP contribution >= 0.6 is 0 Å². The summed E-state index contributed by atoms with van der Waals surface area (Å²) in [4.78, 5) is 19.5. The molecule has 0 bridgehead atoms. The van der Waals surface area contributed by atoms with Gasteiger partial charge in [0.15, 0.2) is 0 Å². The molecule has 1 N–H and O–H groups in total. The second-order valence-corrected chi connectivity index (χ2v) is 10.1. The van der Waals surface area contributed by atoms with Crippen molar-refractivity contribution < 1.29 is 17.9 Å². The lowest BCUT2D eigenvalue weighted by Gasteiger charge is -2.28. The molecule has 0 aliphatic carbocycles. The number of ether oxygens (including phenoxy) is 1. The van der Waals surface area contributed by atoms with Gasteiger partial charge in [-0.1, -0.05) is 17.7 Å². The van der Waals surface area contributed by atoms with Crippen LogP contribution < -0.4 is 14.5 Å². The summed E-state index contributed by atoms with van der Waals surface area (Å²) >= 11 is 0. The van der Waals surface area contributed by atoms with Gasteiger partial charge in [0.25, 0.3) is 15.9 Å². The number of amides is 1. The average Bonchev–Trinajstić information content (AvgIpc) is 2.88. The SMILES string of the molecule is Cc1ccc(S(=O)(=O)N(C)c2ccc(C(=O)NCc3ccnc(N4CCOCC4)c3)cc2)cc1. The maximum Gasteiger partial charge on any atom is 0.264 e. The number of nitrogens with zero attached hydrogens (tertiary/aromatic N) is 3. The quantitative estimate of drug-likeness (QED) is 0.559. The van der Waals surface area contributed by atoms with E-state index in [2.05, 4.69) is 15.2 Å². The van der Waals surface area contributed by atoms with Gasteiger partial charge < -0.3 is 15.0 Å². The molecule has 1 saturated heterocycles. The molecule has 9 heteroatoms. The zero-order valence-electron chi connectivity index (χ0n) is 19.3. The fraction of sp³-hybridized carbons (Fsp3) is 0.280. The van der Waals surface area contributed by atoms with E-state index in [0.29, 0.717) is 31.0 Å². The highest BCUT2D eigenvalue weighted by Crippen LogP contribution is 2.23. The number of morpholine rings is 1. The largest absolute Gasteiger partial charge is 0.378 e. The first-order valence-electron chi connectivity index (χ1n) is 11.1. The smallest absolute Gasteiger partial charge is 0.264 e. The van der Waals surface area contributed by atoms with Crippen LogP contribution in [0.3, 0.4) is 0 Å². The van der Waals surface area contributed by atoms with E-state index in [4.69, 9.17) is 4.74 Å². The fourth-order valence-corrected chi connectivity index (χ4v) is 4.85. The van der Waals surface area contributed by atoms with Gasteiger partial charge in [-0.15, -0.1) is 0 Å². The Bertz CT molecular complexity index is 1240. The van der Waals surface area contributed by atoms with Crippen LogP contribution in [0.25, 0.3) is 0 Å². The van der Waals surface area contributed by atoms with E-state index >= 15 is 0 Å². The molecule has 1 aromatic heterocycles. The third-order valence-electron chi connectivity index (χ3n) is 5.77. The summed E-state index contributed by atoms with van der Waals surface area (Å²) < 4.78 is 32.4. The molecule has 0 radical (unpaired) electrons. The maximum atomic E-state index is 12.9. The van der Waals surface area contributed by atoms with E-state index in [-0.39, 0.29) is 10.8 Å². The molecule has 1 aliphatic rings. The highest BCUT2D eigenvalue weighted by molar-refractivity contribution is 7.92. The molecule has 1 amide bonds. The number of pyridine rings is 1. The minimum Gasteiger partial charge on any atom is -0.378 e. The number of aromatic nitrogens is 1. The van der Waals surface area contributed by atoms with E-state index < -0.39 is 10.0 Å². The molecule has 0 spiro atoms. The first kappa shape index (κ1) is 23.7. The predicted octanol–water partition coefficient (Wildman–Crippen LogP) is 2.98. The molecule has 2 aromatic carbocycles. The summed E-state index contributed by atoms with van der Waals surface area (Å²) in [6.45, 7) is 5.22. The van der Waals surface area contributed by atoms with Gasteiger partial charge in [-0.2, -0.15) is 0 Å². The second-order valence-electron chi connectivity index (χ2n) is 8.14. The lowest BCUT2D eigenvalue weighted by molar-refractivity contribution is 0.0951. The molecule has 34 heavy (non-hydrogen) atoms. The number of carbonyl (C=O) groups excluding carboxylic acids is 1. The summed E-state index contributed by atoms with van der Waals surface area (Å²) in [5.41, 5.74) is 2.86. The van der Waals surface area contributed by atoms with Crippen molar-refractivity contribution in [1.82, 2.24) is 10.3 Å². The number of anilines is 2. The van der Waals surface area contributed by atoms with Gasteiger partial charge in [0, 0.05) is 38.4 Å². The van der Waals surface area contributed by atoms with Crippen molar-refractivity contribution in [2.24, 2.45) is 0 Å². The van der Waals surface area contributed by atoms with Crippen molar-refractivity contribution >= 4 is 27.4 Å². The van der Waals surface area contributed by atoms with Crippen LogP contribution in [0.1, 0.15) is 21.5 Å². The van der Waals surface area contributed by atoms with Crippen LogP contribution in [0.5, 0.6) is 0 Å². The molecule has 0 unspecified atom stereocenters. The van der Waals surface area contributed by atoms with Crippen molar-refractivity contribution in [1.29, 1.82) is 0 Å². The van der Waals surface area contributed by atoms with Crippen molar-refractivity contribution in [2.45, 2.75) is 18.4 Å². The third kappa shape index (κ3) is 5.37. The molecule has 0 atom stereocenters. The van der Waals surface area contributed by atoms with Gasteiger partial charge in [-0.05, 0) is 61.0 Å². The topological polar surface area (TPSA) is 91.8 Å². The Balaban J connectivity index is 1.39. The average molecular weight is 481 g/mol. The highest BCUT2D eigenvalue weighted by atomic mass is 32.2. The molecule has 178 valence electrons.